The van der Waals surface area contributed by atoms with Gasteiger partial charge in [0.2, 0.25) is 0 Å². The Balaban J connectivity index is 2.12. The van der Waals surface area contributed by atoms with Crippen LogP contribution >= 0.6 is 0 Å². The number of hydrogen-bond acceptors (Lipinski definition) is 2. The van der Waals surface area contributed by atoms with E-state index in [0.29, 0.717) is 11.1 Å². The second-order valence-electron chi connectivity index (χ2n) is 4.35. The van der Waals surface area contributed by atoms with Gasteiger partial charge in [-0.1, -0.05) is 18.2 Å². The van der Waals surface area contributed by atoms with E-state index in [1.807, 2.05) is 6.92 Å². The summed E-state index contributed by atoms with van der Waals surface area (Å²) in [5.74, 6) is -0.720. The van der Waals surface area contributed by atoms with Gasteiger partial charge in [-0.05, 0) is 36.2 Å². The van der Waals surface area contributed by atoms with Crippen LogP contribution in [0.3, 0.4) is 0 Å². The van der Waals surface area contributed by atoms with Gasteiger partial charge < -0.3 is 10.5 Å². The van der Waals surface area contributed by atoms with Crippen LogP contribution in [0.25, 0.3) is 0 Å². The molecule has 4 heteroatoms. The predicted octanol–water partition coefficient (Wildman–Crippen LogP) is 3.31. The van der Waals surface area contributed by atoms with Crippen LogP contribution in [-0.4, -0.2) is 0 Å². The van der Waals surface area contributed by atoms with Gasteiger partial charge in [0.1, 0.15) is 12.4 Å². The van der Waals surface area contributed by atoms with Gasteiger partial charge >= 0.3 is 0 Å². The minimum Gasteiger partial charge on any atom is -0.486 e. The first kappa shape index (κ1) is 13.5. The monoisotopic (exact) mass is 263 g/mol. The molecule has 0 bridgehead atoms. The summed E-state index contributed by atoms with van der Waals surface area (Å²) in [6.45, 7) is 2.10. The van der Waals surface area contributed by atoms with Crippen LogP contribution in [0.4, 0.5) is 8.78 Å². The highest BCUT2D eigenvalue weighted by Gasteiger charge is 2.07. The molecule has 2 nitrogen and oxygen atoms in total. The Morgan fingerprint density at radius 2 is 1.84 bits per heavy atom. The van der Waals surface area contributed by atoms with Crippen molar-refractivity contribution in [3.8, 4) is 5.75 Å². The molecule has 0 aliphatic carbocycles. The molecule has 0 spiro atoms. The molecule has 0 aliphatic heterocycles. The van der Waals surface area contributed by atoms with Gasteiger partial charge in [-0.2, -0.15) is 0 Å². The fourth-order valence-electron chi connectivity index (χ4n) is 1.71. The normalized spacial score (nSPS) is 10.5. The first-order chi connectivity index (χ1) is 9.10. The van der Waals surface area contributed by atoms with Crippen molar-refractivity contribution in [2.45, 2.75) is 20.1 Å². The average Bonchev–Trinajstić information content (AvgIpc) is 2.40. The standard InChI is InChI=1S/C15H15F2NO/c1-10-2-5-13(16)15(6-10)19-9-12-4-3-11(8-18)7-14(12)17/h2-7H,8-9,18H2,1H3. The Kier molecular flexibility index (Phi) is 4.12. The zero-order valence-corrected chi connectivity index (χ0v) is 10.6. The van der Waals surface area contributed by atoms with E-state index in [1.54, 1.807) is 24.3 Å². The Labute approximate surface area is 110 Å². The Hall–Kier alpha value is -1.94. The quantitative estimate of drug-likeness (QED) is 0.918. The number of halogens is 2. The zero-order valence-electron chi connectivity index (χ0n) is 10.6. The summed E-state index contributed by atoms with van der Waals surface area (Å²) in [6.07, 6.45) is 0. The van der Waals surface area contributed by atoms with Gasteiger partial charge in [0.15, 0.2) is 11.6 Å². The van der Waals surface area contributed by atoms with Crippen LogP contribution in [0.2, 0.25) is 0 Å². The maximum atomic E-state index is 13.7. The van der Waals surface area contributed by atoms with Crippen molar-refractivity contribution in [1.82, 2.24) is 0 Å². The molecule has 100 valence electrons. The van der Waals surface area contributed by atoms with Crippen LogP contribution < -0.4 is 10.5 Å². The molecule has 0 saturated heterocycles. The highest BCUT2D eigenvalue weighted by atomic mass is 19.1. The molecule has 0 heterocycles. The minimum absolute atomic E-state index is 0.0168. The fraction of sp³-hybridized carbons (Fsp3) is 0.200. The summed E-state index contributed by atoms with van der Waals surface area (Å²) < 4.78 is 32.5. The molecule has 2 N–H and O–H groups in total. The van der Waals surface area contributed by atoms with E-state index in [2.05, 4.69) is 0 Å². The first-order valence-electron chi connectivity index (χ1n) is 5.96. The molecule has 2 rings (SSSR count). The highest BCUT2D eigenvalue weighted by Crippen LogP contribution is 2.20. The van der Waals surface area contributed by atoms with Crippen LogP contribution in [0.15, 0.2) is 36.4 Å². The van der Waals surface area contributed by atoms with E-state index in [-0.39, 0.29) is 18.9 Å². The van der Waals surface area contributed by atoms with Crippen molar-refractivity contribution in [2.75, 3.05) is 0 Å². The van der Waals surface area contributed by atoms with E-state index >= 15 is 0 Å². The van der Waals surface area contributed by atoms with Crippen LogP contribution in [0, 0.1) is 18.6 Å². The number of rotatable bonds is 4. The maximum absolute atomic E-state index is 13.7. The largest absolute Gasteiger partial charge is 0.486 e. The van der Waals surface area contributed by atoms with Gasteiger partial charge in [-0.25, -0.2) is 8.78 Å². The third kappa shape index (κ3) is 3.29. The third-order valence-corrected chi connectivity index (χ3v) is 2.82. The number of aryl methyl sites for hydroxylation is 1. The topological polar surface area (TPSA) is 35.2 Å². The summed E-state index contributed by atoms with van der Waals surface area (Å²) in [4.78, 5) is 0. The van der Waals surface area contributed by atoms with Crippen LogP contribution in [0.1, 0.15) is 16.7 Å². The van der Waals surface area contributed by atoms with Crippen molar-refractivity contribution in [1.29, 1.82) is 0 Å². The Bertz CT molecular complexity index is 584. The number of nitrogens with two attached hydrogens (primary N) is 1. The average molecular weight is 263 g/mol. The maximum Gasteiger partial charge on any atom is 0.165 e. The van der Waals surface area contributed by atoms with E-state index in [1.165, 1.54) is 12.1 Å². The fourth-order valence-corrected chi connectivity index (χ4v) is 1.71. The molecule has 0 unspecified atom stereocenters. The second-order valence-corrected chi connectivity index (χ2v) is 4.35. The lowest BCUT2D eigenvalue weighted by Gasteiger charge is -2.09. The number of hydrogen-bond donors (Lipinski definition) is 1. The lowest BCUT2D eigenvalue weighted by Crippen LogP contribution is -2.03. The molecule has 0 saturated carbocycles. The molecule has 2 aromatic rings. The summed E-state index contributed by atoms with van der Waals surface area (Å²) in [5, 5.41) is 0. The molecular weight excluding hydrogens is 248 g/mol. The van der Waals surface area contributed by atoms with Gasteiger partial charge in [-0.3, -0.25) is 0 Å². The van der Waals surface area contributed by atoms with Gasteiger partial charge in [0.05, 0.1) is 0 Å². The summed E-state index contributed by atoms with van der Waals surface area (Å²) in [5.41, 5.74) is 7.39. The molecule has 2 aromatic carbocycles. The SMILES string of the molecule is Cc1ccc(F)c(OCc2ccc(CN)cc2F)c1. The lowest BCUT2D eigenvalue weighted by molar-refractivity contribution is 0.284. The second kappa shape index (κ2) is 5.80. The molecule has 0 amide bonds. The number of ether oxygens (including phenoxy) is 1. The van der Waals surface area contributed by atoms with Gasteiger partial charge in [0, 0.05) is 12.1 Å². The van der Waals surface area contributed by atoms with Gasteiger partial charge in [0.25, 0.3) is 0 Å². The Morgan fingerprint density at radius 1 is 1.05 bits per heavy atom. The van der Waals surface area contributed by atoms with E-state index in [0.717, 1.165) is 5.56 Å². The van der Waals surface area contributed by atoms with Crippen molar-refractivity contribution in [2.24, 2.45) is 5.73 Å². The van der Waals surface area contributed by atoms with Crippen molar-refractivity contribution in [3.63, 3.8) is 0 Å². The lowest BCUT2D eigenvalue weighted by atomic mass is 10.1. The highest BCUT2D eigenvalue weighted by molar-refractivity contribution is 5.30. The van der Waals surface area contributed by atoms with E-state index in [9.17, 15) is 8.78 Å². The molecule has 0 atom stereocenters. The molecule has 0 radical (unpaired) electrons. The van der Waals surface area contributed by atoms with E-state index < -0.39 is 11.6 Å². The minimum atomic E-state index is -0.454. The summed E-state index contributed by atoms with van der Waals surface area (Å²) >= 11 is 0. The third-order valence-electron chi connectivity index (χ3n) is 2.82. The van der Waals surface area contributed by atoms with Crippen molar-refractivity contribution in [3.05, 3.63) is 64.7 Å². The van der Waals surface area contributed by atoms with E-state index in [4.69, 9.17) is 10.5 Å². The smallest absolute Gasteiger partial charge is 0.165 e. The van der Waals surface area contributed by atoms with Crippen molar-refractivity contribution >= 4 is 0 Å². The van der Waals surface area contributed by atoms with Crippen molar-refractivity contribution < 1.29 is 13.5 Å². The molecule has 0 aromatic heterocycles. The molecular formula is C15H15F2NO. The molecule has 19 heavy (non-hydrogen) atoms. The van der Waals surface area contributed by atoms with Crippen LogP contribution in [-0.2, 0) is 13.2 Å². The van der Waals surface area contributed by atoms with Crippen LogP contribution in [0.5, 0.6) is 5.75 Å². The summed E-state index contributed by atoms with van der Waals surface area (Å²) in [6, 6.07) is 9.27. The zero-order chi connectivity index (χ0) is 13.8. The number of benzene rings is 2. The first-order valence-corrected chi connectivity index (χ1v) is 5.96. The Morgan fingerprint density at radius 3 is 2.53 bits per heavy atom. The molecule has 0 aliphatic rings. The summed E-state index contributed by atoms with van der Waals surface area (Å²) in [7, 11) is 0. The molecule has 0 fully saturated rings. The predicted molar refractivity (Wildman–Crippen MR) is 69.8 cm³/mol. The van der Waals surface area contributed by atoms with Gasteiger partial charge in [-0.15, -0.1) is 0 Å².